The average Bonchev–Trinajstić information content (AvgIpc) is 3.30. The van der Waals surface area contributed by atoms with Gasteiger partial charge in [0.2, 0.25) is 0 Å². The SMILES string of the molecule is CC(C)(C)C=C(C#N)C(=O)N1C[C@@H]2C[C@@H]2[C@@H]1COC(=O)NC(Cc1coc2ccccc12)B(O)O. The molecule has 9 nitrogen and oxygen atoms in total. The van der Waals surface area contributed by atoms with Crippen molar-refractivity contribution in [2.75, 3.05) is 13.2 Å². The average molecular weight is 479 g/mol. The van der Waals surface area contributed by atoms with Gasteiger partial charge in [-0.15, -0.1) is 0 Å². The molecule has 2 amide bonds. The van der Waals surface area contributed by atoms with E-state index in [1.54, 1.807) is 17.0 Å². The van der Waals surface area contributed by atoms with Crippen molar-refractivity contribution in [2.24, 2.45) is 17.3 Å². The Bertz CT molecular complexity index is 1180. The number of nitrogens with zero attached hydrogens (tertiary/aromatic N) is 2. The Morgan fingerprint density at radius 2 is 2.11 bits per heavy atom. The first-order chi connectivity index (χ1) is 16.6. The number of carbonyl (C=O) groups excluding carboxylic acids is 2. The smallest absolute Gasteiger partial charge is 0.464 e. The predicted molar refractivity (Wildman–Crippen MR) is 129 cm³/mol. The normalized spacial score (nSPS) is 22.3. The lowest BCUT2D eigenvalue weighted by Gasteiger charge is -2.28. The van der Waals surface area contributed by atoms with Gasteiger partial charge in [0.05, 0.1) is 18.2 Å². The molecule has 10 heteroatoms. The summed E-state index contributed by atoms with van der Waals surface area (Å²) in [6.45, 7) is 6.26. The number of hydrogen-bond acceptors (Lipinski definition) is 7. The van der Waals surface area contributed by atoms with Gasteiger partial charge in [-0.05, 0) is 41.7 Å². The molecule has 2 heterocycles. The van der Waals surface area contributed by atoms with E-state index >= 15 is 0 Å². The minimum atomic E-state index is -1.81. The van der Waals surface area contributed by atoms with Crippen LogP contribution in [0.4, 0.5) is 4.79 Å². The maximum absolute atomic E-state index is 13.0. The summed E-state index contributed by atoms with van der Waals surface area (Å²) < 4.78 is 10.9. The Kier molecular flexibility index (Phi) is 6.92. The second-order valence-corrected chi connectivity index (χ2v) is 10.4. The van der Waals surface area contributed by atoms with Gasteiger partial charge in [0.15, 0.2) is 0 Å². The second-order valence-electron chi connectivity index (χ2n) is 10.4. The molecule has 0 spiro atoms. The third-order valence-electron chi connectivity index (χ3n) is 6.54. The third-order valence-corrected chi connectivity index (χ3v) is 6.54. The molecule has 0 bridgehead atoms. The number of alkyl carbamates (subject to hydrolysis) is 1. The number of nitrogens with one attached hydrogen (secondary N) is 1. The topological polar surface area (TPSA) is 136 Å². The number of fused-ring (bicyclic) bond motifs is 2. The second kappa shape index (κ2) is 9.76. The minimum Gasteiger partial charge on any atom is -0.464 e. The Balaban J connectivity index is 1.38. The summed E-state index contributed by atoms with van der Waals surface area (Å²) in [4.78, 5) is 27.2. The van der Waals surface area contributed by atoms with E-state index in [1.807, 2.05) is 45.0 Å². The van der Waals surface area contributed by atoms with Crippen molar-refractivity contribution in [3.05, 3.63) is 47.7 Å². The van der Waals surface area contributed by atoms with E-state index in [4.69, 9.17) is 9.15 Å². The van der Waals surface area contributed by atoms with Gasteiger partial charge in [0.1, 0.15) is 23.8 Å². The van der Waals surface area contributed by atoms with Crippen molar-refractivity contribution in [2.45, 2.75) is 45.6 Å². The third kappa shape index (κ3) is 5.69. The molecule has 1 aromatic heterocycles. The molecule has 1 aliphatic carbocycles. The first-order valence-electron chi connectivity index (χ1n) is 11.8. The molecule has 4 atom stereocenters. The summed E-state index contributed by atoms with van der Waals surface area (Å²) in [6, 6.07) is 9.04. The summed E-state index contributed by atoms with van der Waals surface area (Å²) in [5.74, 6) is -0.776. The molecule has 1 aromatic carbocycles. The van der Waals surface area contributed by atoms with Crippen molar-refractivity contribution in [3.8, 4) is 6.07 Å². The van der Waals surface area contributed by atoms with E-state index in [1.165, 1.54) is 6.26 Å². The Labute approximate surface area is 204 Å². The molecule has 1 saturated heterocycles. The van der Waals surface area contributed by atoms with Crippen LogP contribution in [0.5, 0.6) is 0 Å². The van der Waals surface area contributed by atoms with Crippen molar-refractivity contribution in [3.63, 3.8) is 0 Å². The van der Waals surface area contributed by atoms with Crippen molar-refractivity contribution in [1.29, 1.82) is 5.26 Å². The number of para-hydroxylation sites is 1. The number of likely N-dealkylation sites (tertiary alicyclic amines) is 1. The molecule has 0 radical (unpaired) electrons. The Morgan fingerprint density at radius 3 is 2.80 bits per heavy atom. The highest BCUT2D eigenvalue weighted by Crippen LogP contribution is 2.50. The summed E-state index contributed by atoms with van der Waals surface area (Å²) in [7, 11) is -1.81. The zero-order valence-corrected chi connectivity index (χ0v) is 20.1. The standard InChI is InChI=1S/C25H30BN3O6/c1-25(2,3)10-17(11-27)23(30)29-12-15-8-19(15)20(29)14-35-24(31)28-22(26(32)33)9-16-13-34-21-7-5-4-6-18(16)21/h4-7,10,13,15,19-20,22,32-33H,8-9,12,14H2,1-3H3,(H,28,31)/t15-,19-,20-,22?/m0/s1. The van der Waals surface area contributed by atoms with E-state index in [9.17, 15) is 24.9 Å². The largest absolute Gasteiger partial charge is 0.475 e. The quantitative estimate of drug-likeness (QED) is 0.315. The molecule has 184 valence electrons. The monoisotopic (exact) mass is 479 g/mol. The van der Waals surface area contributed by atoms with Gasteiger partial charge < -0.3 is 29.4 Å². The van der Waals surface area contributed by atoms with E-state index in [2.05, 4.69) is 5.32 Å². The molecule has 2 fully saturated rings. The first kappa shape index (κ1) is 24.8. The van der Waals surface area contributed by atoms with Crippen LogP contribution in [0, 0.1) is 28.6 Å². The number of nitriles is 1. The van der Waals surface area contributed by atoms with Gasteiger partial charge in [-0.2, -0.15) is 5.26 Å². The maximum atomic E-state index is 13.0. The molecule has 4 rings (SSSR count). The van der Waals surface area contributed by atoms with Crippen LogP contribution in [0.2, 0.25) is 0 Å². The molecule has 3 N–H and O–H groups in total. The molecule has 2 aromatic rings. The number of rotatable bonds is 7. The fourth-order valence-corrected chi connectivity index (χ4v) is 4.76. The number of ether oxygens (including phenoxy) is 1. The van der Waals surface area contributed by atoms with Crippen LogP contribution in [-0.4, -0.2) is 59.2 Å². The van der Waals surface area contributed by atoms with Gasteiger partial charge in [0, 0.05) is 11.9 Å². The molecular formula is C25H30BN3O6. The number of furan rings is 1. The van der Waals surface area contributed by atoms with Gasteiger partial charge in [-0.25, -0.2) is 4.79 Å². The van der Waals surface area contributed by atoms with Crippen LogP contribution in [0.1, 0.15) is 32.8 Å². The summed E-state index contributed by atoms with van der Waals surface area (Å²) in [6.07, 6.45) is 3.47. The first-order valence-corrected chi connectivity index (χ1v) is 11.8. The fraction of sp³-hybridized carbons (Fsp3) is 0.480. The van der Waals surface area contributed by atoms with E-state index < -0.39 is 19.2 Å². The van der Waals surface area contributed by atoms with E-state index in [0.29, 0.717) is 18.0 Å². The van der Waals surface area contributed by atoms with Crippen molar-refractivity contribution >= 4 is 30.1 Å². The highest BCUT2D eigenvalue weighted by Gasteiger charge is 2.54. The van der Waals surface area contributed by atoms with Crippen molar-refractivity contribution < 1.29 is 28.8 Å². The Morgan fingerprint density at radius 1 is 1.37 bits per heavy atom. The molecule has 1 aliphatic heterocycles. The lowest BCUT2D eigenvalue weighted by atomic mass is 9.76. The molecule has 1 saturated carbocycles. The summed E-state index contributed by atoms with van der Waals surface area (Å²) >= 11 is 0. The summed E-state index contributed by atoms with van der Waals surface area (Å²) in [5.41, 5.74) is 1.15. The Hall–Kier alpha value is -3.29. The number of allylic oxidation sites excluding steroid dienone is 1. The van der Waals surface area contributed by atoms with Crippen LogP contribution in [0.3, 0.4) is 0 Å². The fourth-order valence-electron chi connectivity index (χ4n) is 4.76. The van der Waals surface area contributed by atoms with Crippen molar-refractivity contribution in [1.82, 2.24) is 10.2 Å². The lowest BCUT2D eigenvalue weighted by Crippen LogP contribution is -2.49. The number of amides is 2. The lowest BCUT2D eigenvalue weighted by molar-refractivity contribution is -0.129. The number of carbonyl (C=O) groups is 2. The molecule has 2 aliphatic rings. The number of hydrogen-bond donors (Lipinski definition) is 3. The highest BCUT2D eigenvalue weighted by molar-refractivity contribution is 6.43. The molecule has 1 unspecified atom stereocenters. The van der Waals surface area contributed by atoms with Crippen LogP contribution < -0.4 is 5.32 Å². The van der Waals surface area contributed by atoms with Gasteiger partial charge in [-0.1, -0.05) is 45.0 Å². The number of piperidine rings is 1. The zero-order valence-electron chi connectivity index (χ0n) is 20.1. The van der Waals surface area contributed by atoms with Crippen LogP contribution in [0.15, 0.2) is 46.6 Å². The van der Waals surface area contributed by atoms with Crippen LogP contribution in [0.25, 0.3) is 11.0 Å². The molecule has 35 heavy (non-hydrogen) atoms. The van der Waals surface area contributed by atoms with Crippen LogP contribution in [-0.2, 0) is 16.0 Å². The van der Waals surface area contributed by atoms with Crippen LogP contribution >= 0.6 is 0 Å². The van der Waals surface area contributed by atoms with E-state index in [0.717, 1.165) is 17.4 Å². The molecular weight excluding hydrogens is 449 g/mol. The van der Waals surface area contributed by atoms with Gasteiger partial charge in [0.25, 0.3) is 5.91 Å². The van der Waals surface area contributed by atoms with E-state index in [-0.39, 0.29) is 41.9 Å². The van der Waals surface area contributed by atoms with Gasteiger partial charge in [-0.3, -0.25) is 4.79 Å². The maximum Gasteiger partial charge on any atom is 0.475 e. The highest BCUT2D eigenvalue weighted by atomic mass is 16.5. The predicted octanol–water partition coefficient (Wildman–Crippen LogP) is 2.43. The zero-order chi connectivity index (χ0) is 25.3. The number of benzene rings is 1. The van der Waals surface area contributed by atoms with Gasteiger partial charge >= 0.3 is 13.2 Å². The summed E-state index contributed by atoms with van der Waals surface area (Å²) in [5, 5.41) is 32.5. The minimum absolute atomic E-state index is 0.0319.